The van der Waals surface area contributed by atoms with Crippen molar-refractivity contribution in [2.24, 2.45) is 11.8 Å². The van der Waals surface area contributed by atoms with Gasteiger partial charge in [-0.3, -0.25) is 0 Å². The predicted molar refractivity (Wildman–Crippen MR) is 58.8 cm³/mol. The van der Waals surface area contributed by atoms with Crippen LogP contribution in [0.2, 0.25) is 0 Å². The number of unbranched alkanes of at least 4 members (excludes halogenated alkanes) is 1. The van der Waals surface area contributed by atoms with Crippen molar-refractivity contribution < 1.29 is 5.11 Å². The molecule has 0 saturated heterocycles. The Hall–Kier alpha value is -0.0400. The Morgan fingerprint density at radius 3 is 2.08 bits per heavy atom. The van der Waals surface area contributed by atoms with Gasteiger partial charge in [-0.05, 0) is 24.7 Å². The number of hydrogen-bond acceptors (Lipinski definition) is 1. The first-order valence-electron chi connectivity index (χ1n) is 5.81. The van der Waals surface area contributed by atoms with Crippen LogP contribution in [0.5, 0.6) is 0 Å². The molecule has 1 heteroatoms. The van der Waals surface area contributed by atoms with E-state index in [9.17, 15) is 0 Å². The number of aliphatic hydroxyl groups excluding tert-OH is 1. The Morgan fingerprint density at radius 1 is 1.00 bits per heavy atom. The molecule has 0 fully saturated rings. The van der Waals surface area contributed by atoms with Crippen LogP contribution in [-0.2, 0) is 0 Å². The van der Waals surface area contributed by atoms with Gasteiger partial charge >= 0.3 is 0 Å². The quantitative estimate of drug-likeness (QED) is 0.574. The lowest BCUT2D eigenvalue weighted by Gasteiger charge is -2.12. The maximum atomic E-state index is 9.07. The highest BCUT2D eigenvalue weighted by Gasteiger charge is 2.05. The molecule has 13 heavy (non-hydrogen) atoms. The summed E-state index contributed by atoms with van der Waals surface area (Å²) in [5, 5.41) is 9.07. The molecule has 0 spiro atoms. The minimum atomic E-state index is 0.384. The van der Waals surface area contributed by atoms with Gasteiger partial charge in [0.2, 0.25) is 0 Å². The minimum Gasteiger partial charge on any atom is -0.396 e. The van der Waals surface area contributed by atoms with E-state index in [1.165, 1.54) is 38.5 Å². The van der Waals surface area contributed by atoms with Crippen molar-refractivity contribution in [2.75, 3.05) is 6.61 Å². The van der Waals surface area contributed by atoms with E-state index in [0.29, 0.717) is 12.5 Å². The SMILES string of the molecule is CCCC(CO)CCCCC(C)C. The zero-order valence-electron chi connectivity index (χ0n) is 9.55. The molecule has 0 radical (unpaired) electrons. The van der Waals surface area contributed by atoms with Crippen LogP contribution in [0.4, 0.5) is 0 Å². The summed E-state index contributed by atoms with van der Waals surface area (Å²) in [7, 11) is 0. The second-order valence-corrected chi connectivity index (χ2v) is 4.52. The molecule has 1 unspecified atom stereocenters. The molecule has 0 amide bonds. The maximum absolute atomic E-state index is 9.07. The maximum Gasteiger partial charge on any atom is 0.0459 e. The van der Waals surface area contributed by atoms with Crippen molar-refractivity contribution >= 4 is 0 Å². The molecule has 0 aromatic carbocycles. The van der Waals surface area contributed by atoms with Crippen LogP contribution in [0.1, 0.15) is 59.3 Å². The summed E-state index contributed by atoms with van der Waals surface area (Å²) in [4.78, 5) is 0. The van der Waals surface area contributed by atoms with Crippen LogP contribution < -0.4 is 0 Å². The van der Waals surface area contributed by atoms with Gasteiger partial charge in [0, 0.05) is 6.61 Å². The van der Waals surface area contributed by atoms with Crippen molar-refractivity contribution in [3.05, 3.63) is 0 Å². The molecule has 1 atom stereocenters. The fourth-order valence-electron chi connectivity index (χ4n) is 1.72. The average molecular weight is 186 g/mol. The molecule has 80 valence electrons. The average Bonchev–Trinajstić information content (AvgIpc) is 2.10. The molecule has 1 N–H and O–H groups in total. The molecule has 0 bridgehead atoms. The zero-order chi connectivity index (χ0) is 10.1. The summed E-state index contributed by atoms with van der Waals surface area (Å²) < 4.78 is 0. The lowest BCUT2D eigenvalue weighted by Crippen LogP contribution is -2.05. The van der Waals surface area contributed by atoms with Gasteiger partial charge in [-0.2, -0.15) is 0 Å². The highest BCUT2D eigenvalue weighted by atomic mass is 16.3. The van der Waals surface area contributed by atoms with Gasteiger partial charge in [0.25, 0.3) is 0 Å². The lowest BCUT2D eigenvalue weighted by atomic mass is 9.96. The fraction of sp³-hybridized carbons (Fsp3) is 1.00. The molecule has 0 aliphatic carbocycles. The molecular formula is C12H26O. The van der Waals surface area contributed by atoms with Crippen molar-refractivity contribution in [2.45, 2.75) is 59.3 Å². The summed E-state index contributed by atoms with van der Waals surface area (Å²) in [5.41, 5.74) is 0. The van der Waals surface area contributed by atoms with Crippen LogP contribution in [-0.4, -0.2) is 11.7 Å². The molecule has 1 nitrogen and oxygen atoms in total. The van der Waals surface area contributed by atoms with Crippen molar-refractivity contribution in [3.8, 4) is 0 Å². The Labute approximate surface area is 83.5 Å². The highest BCUT2D eigenvalue weighted by molar-refractivity contribution is 4.57. The van der Waals surface area contributed by atoms with Gasteiger partial charge in [0.1, 0.15) is 0 Å². The van der Waals surface area contributed by atoms with E-state index < -0.39 is 0 Å². The van der Waals surface area contributed by atoms with Crippen molar-refractivity contribution in [3.63, 3.8) is 0 Å². The molecule has 0 rings (SSSR count). The van der Waals surface area contributed by atoms with E-state index in [2.05, 4.69) is 20.8 Å². The van der Waals surface area contributed by atoms with Gasteiger partial charge in [-0.15, -0.1) is 0 Å². The summed E-state index contributed by atoms with van der Waals surface area (Å²) in [6.07, 6.45) is 7.58. The van der Waals surface area contributed by atoms with Crippen LogP contribution in [0.25, 0.3) is 0 Å². The van der Waals surface area contributed by atoms with Gasteiger partial charge in [0.15, 0.2) is 0 Å². The molecular weight excluding hydrogens is 160 g/mol. The van der Waals surface area contributed by atoms with Crippen LogP contribution >= 0.6 is 0 Å². The molecule has 0 heterocycles. The van der Waals surface area contributed by atoms with Crippen LogP contribution in [0.15, 0.2) is 0 Å². The first-order valence-corrected chi connectivity index (χ1v) is 5.81. The standard InChI is InChI=1S/C12H26O/c1-4-7-12(10-13)9-6-5-8-11(2)3/h11-13H,4-10H2,1-3H3. The van der Waals surface area contributed by atoms with Gasteiger partial charge < -0.3 is 5.11 Å². The van der Waals surface area contributed by atoms with Gasteiger partial charge in [-0.1, -0.05) is 46.5 Å². The Bertz CT molecular complexity index is 99.3. The highest BCUT2D eigenvalue weighted by Crippen LogP contribution is 2.16. The normalized spacial score (nSPS) is 13.6. The lowest BCUT2D eigenvalue weighted by molar-refractivity contribution is 0.206. The first kappa shape index (κ1) is 13.0. The Kier molecular flexibility index (Phi) is 8.53. The zero-order valence-corrected chi connectivity index (χ0v) is 9.55. The van der Waals surface area contributed by atoms with E-state index in [1.807, 2.05) is 0 Å². The number of aliphatic hydroxyl groups is 1. The molecule has 0 aromatic heterocycles. The molecule has 0 aromatic rings. The van der Waals surface area contributed by atoms with E-state index in [1.54, 1.807) is 0 Å². The summed E-state index contributed by atoms with van der Waals surface area (Å²) in [6.45, 7) is 7.12. The second-order valence-electron chi connectivity index (χ2n) is 4.52. The van der Waals surface area contributed by atoms with Gasteiger partial charge in [0.05, 0.1) is 0 Å². The Balaban J connectivity index is 3.27. The summed E-state index contributed by atoms with van der Waals surface area (Å²) in [5.74, 6) is 1.40. The van der Waals surface area contributed by atoms with E-state index in [0.717, 1.165) is 5.92 Å². The van der Waals surface area contributed by atoms with E-state index >= 15 is 0 Å². The largest absolute Gasteiger partial charge is 0.396 e. The first-order chi connectivity index (χ1) is 6.20. The number of hydrogen-bond donors (Lipinski definition) is 1. The summed E-state index contributed by atoms with van der Waals surface area (Å²) >= 11 is 0. The summed E-state index contributed by atoms with van der Waals surface area (Å²) in [6, 6.07) is 0. The molecule has 0 aliphatic heterocycles. The van der Waals surface area contributed by atoms with E-state index in [4.69, 9.17) is 5.11 Å². The van der Waals surface area contributed by atoms with E-state index in [-0.39, 0.29) is 0 Å². The molecule has 0 saturated carbocycles. The third-order valence-corrected chi connectivity index (χ3v) is 2.60. The van der Waals surface area contributed by atoms with Crippen molar-refractivity contribution in [1.82, 2.24) is 0 Å². The van der Waals surface area contributed by atoms with Crippen LogP contribution in [0, 0.1) is 11.8 Å². The third-order valence-electron chi connectivity index (χ3n) is 2.60. The van der Waals surface area contributed by atoms with Gasteiger partial charge in [-0.25, -0.2) is 0 Å². The molecule has 0 aliphatic rings. The fourth-order valence-corrected chi connectivity index (χ4v) is 1.72. The predicted octanol–water partition coefficient (Wildman–Crippen LogP) is 3.61. The third kappa shape index (κ3) is 8.29. The smallest absolute Gasteiger partial charge is 0.0459 e. The number of rotatable bonds is 8. The second kappa shape index (κ2) is 8.55. The monoisotopic (exact) mass is 186 g/mol. The minimum absolute atomic E-state index is 0.384. The topological polar surface area (TPSA) is 20.2 Å². The Morgan fingerprint density at radius 2 is 1.62 bits per heavy atom. The van der Waals surface area contributed by atoms with Crippen molar-refractivity contribution in [1.29, 1.82) is 0 Å². The van der Waals surface area contributed by atoms with Crippen LogP contribution in [0.3, 0.4) is 0 Å².